The molecule has 0 heterocycles. The molecule has 0 saturated carbocycles. The first-order chi connectivity index (χ1) is 11.0. The van der Waals surface area contributed by atoms with Crippen molar-refractivity contribution in [3.63, 3.8) is 0 Å². The number of carbonyl (C=O) groups is 2. The standard InChI is InChI=1S/C17H17ClN2O3/c1-11(18)16(21)19-13-9-7-12(8-10-13)17(22)20-14-5-3-4-6-15(14)23-2/h3-11H,1-2H3,(H,19,21)(H,20,22). The molecule has 2 rings (SSSR count). The van der Waals surface area contributed by atoms with Crippen molar-refractivity contribution in [1.29, 1.82) is 0 Å². The third-order valence-corrected chi connectivity index (χ3v) is 3.33. The number of halogens is 1. The van der Waals surface area contributed by atoms with Crippen LogP contribution in [0.5, 0.6) is 5.75 Å². The van der Waals surface area contributed by atoms with Gasteiger partial charge in [0.2, 0.25) is 5.91 Å². The lowest BCUT2D eigenvalue weighted by Crippen LogP contribution is -2.20. The van der Waals surface area contributed by atoms with E-state index in [2.05, 4.69) is 10.6 Å². The molecule has 2 aromatic rings. The minimum absolute atomic E-state index is 0.266. The highest BCUT2D eigenvalue weighted by Gasteiger charge is 2.11. The SMILES string of the molecule is COc1ccccc1NC(=O)c1ccc(NC(=O)C(C)Cl)cc1. The minimum Gasteiger partial charge on any atom is -0.495 e. The van der Waals surface area contributed by atoms with Crippen molar-refractivity contribution >= 4 is 34.8 Å². The van der Waals surface area contributed by atoms with Gasteiger partial charge >= 0.3 is 0 Å². The summed E-state index contributed by atoms with van der Waals surface area (Å²) in [7, 11) is 1.54. The maximum absolute atomic E-state index is 12.2. The fourth-order valence-electron chi connectivity index (χ4n) is 1.89. The molecular weight excluding hydrogens is 316 g/mol. The number of benzene rings is 2. The fraction of sp³-hybridized carbons (Fsp3) is 0.176. The Kier molecular flexibility index (Phi) is 5.60. The van der Waals surface area contributed by atoms with Gasteiger partial charge in [-0.15, -0.1) is 11.6 Å². The molecule has 5 nitrogen and oxygen atoms in total. The molecule has 23 heavy (non-hydrogen) atoms. The van der Waals surface area contributed by atoms with Crippen LogP contribution in [0.2, 0.25) is 0 Å². The summed E-state index contributed by atoms with van der Waals surface area (Å²) >= 11 is 5.69. The lowest BCUT2D eigenvalue weighted by molar-refractivity contribution is -0.115. The summed E-state index contributed by atoms with van der Waals surface area (Å²) < 4.78 is 5.19. The molecule has 120 valence electrons. The van der Waals surface area contributed by atoms with Crippen molar-refractivity contribution in [2.45, 2.75) is 12.3 Å². The number of para-hydroxylation sites is 2. The topological polar surface area (TPSA) is 67.4 Å². The van der Waals surface area contributed by atoms with Gasteiger partial charge in [-0.3, -0.25) is 9.59 Å². The van der Waals surface area contributed by atoms with E-state index in [1.807, 2.05) is 12.1 Å². The van der Waals surface area contributed by atoms with Crippen molar-refractivity contribution in [2.24, 2.45) is 0 Å². The van der Waals surface area contributed by atoms with Crippen LogP contribution in [0.25, 0.3) is 0 Å². The highest BCUT2D eigenvalue weighted by atomic mass is 35.5. The Morgan fingerprint density at radius 2 is 1.70 bits per heavy atom. The number of hydrogen-bond acceptors (Lipinski definition) is 3. The molecule has 0 aliphatic carbocycles. The lowest BCUT2D eigenvalue weighted by atomic mass is 10.2. The van der Waals surface area contributed by atoms with E-state index in [-0.39, 0.29) is 11.8 Å². The fourth-order valence-corrected chi connectivity index (χ4v) is 1.94. The number of carbonyl (C=O) groups excluding carboxylic acids is 2. The van der Waals surface area contributed by atoms with E-state index in [1.54, 1.807) is 50.4 Å². The summed E-state index contributed by atoms with van der Waals surface area (Å²) in [5.41, 5.74) is 1.64. The average molecular weight is 333 g/mol. The zero-order valence-electron chi connectivity index (χ0n) is 12.8. The zero-order chi connectivity index (χ0) is 16.8. The molecule has 2 N–H and O–H groups in total. The first-order valence-electron chi connectivity index (χ1n) is 7.00. The highest BCUT2D eigenvalue weighted by Crippen LogP contribution is 2.23. The normalized spacial score (nSPS) is 11.4. The summed E-state index contributed by atoms with van der Waals surface area (Å²) in [6.45, 7) is 1.59. The molecule has 0 radical (unpaired) electrons. The number of methoxy groups -OCH3 is 1. The third-order valence-electron chi connectivity index (χ3n) is 3.13. The summed E-state index contributed by atoms with van der Waals surface area (Å²) in [5, 5.41) is 4.81. The molecule has 2 amide bonds. The quantitative estimate of drug-likeness (QED) is 0.823. The molecule has 1 atom stereocenters. The Hall–Kier alpha value is -2.53. The Bertz CT molecular complexity index is 699. The van der Waals surface area contributed by atoms with E-state index in [4.69, 9.17) is 16.3 Å². The van der Waals surface area contributed by atoms with Gasteiger partial charge in [-0.1, -0.05) is 12.1 Å². The molecule has 0 saturated heterocycles. The predicted octanol–water partition coefficient (Wildman–Crippen LogP) is 3.51. The van der Waals surface area contributed by atoms with Crippen molar-refractivity contribution in [3.8, 4) is 5.75 Å². The number of hydrogen-bond donors (Lipinski definition) is 2. The predicted molar refractivity (Wildman–Crippen MR) is 91.3 cm³/mol. The smallest absolute Gasteiger partial charge is 0.255 e. The van der Waals surface area contributed by atoms with Gasteiger partial charge < -0.3 is 15.4 Å². The number of amides is 2. The summed E-state index contributed by atoms with van der Waals surface area (Å²) in [6.07, 6.45) is 0. The van der Waals surface area contributed by atoms with Crippen LogP contribution in [0.1, 0.15) is 17.3 Å². The molecule has 0 aromatic heterocycles. The Morgan fingerprint density at radius 3 is 2.30 bits per heavy atom. The first-order valence-corrected chi connectivity index (χ1v) is 7.44. The Balaban J connectivity index is 2.07. The van der Waals surface area contributed by atoms with Gasteiger partial charge in [0.1, 0.15) is 11.1 Å². The van der Waals surface area contributed by atoms with Crippen molar-refractivity contribution in [3.05, 3.63) is 54.1 Å². The van der Waals surface area contributed by atoms with Crippen molar-refractivity contribution in [2.75, 3.05) is 17.7 Å². The van der Waals surface area contributed by atoms with Crippen LogP contribution in [0.4, 0.5) is 11.4 Å². The van der Waals surface area contributed by atoms with Gasteiger partial charge in [-0.05, 0) is 43.3 Å². The molecule has 0 fully saturated rings. The molecule has 0 aliphatic heterocycles. The van der Waals surface area contributed by atoms with Crippen LogP contribution in [0, 0.1) is 0 Å². The molecule has 2 aromatic carbocycles. The number of anilines is 2. The number of rotatable bonds is 5. The second-order valence-electron chi connectivity index (χ2n) is 4.84. The van der Waals surface area contributed by atoms with Crippen LogP contribution in [-0.2, 0) is 4.79 Å². The number of nitrogens with one attached hydrogen (secondary N) is 2. The second-order valence-corrected chi connectivity index (χ2v) is 5.49. The van der Waals surface area contributed by atoms with Gasteiger partial charge in [0.25, 0.3) is 5.91 Å². The average Bonchev–Trinajstić information content (AvgIpc) is 2.55. The minimum atomic E-state index is -0.622. The Labute approximate surface area is 139 Å². The van der Waals surface area contributed by atoms with Crippen molar-refractivity contribution in [1.82, 2.24) is 0 Å². The van der Waals surface area contributed by atoms with E-state index in [1.165, 1.54) is 0 Å². The summed E-state index contributed by atoms with van der Waals surface area (Å²) in [4.78, 5) is 23.8. The summed E-state index contributed by atoms with van der Waals surface area (Å²) in [6, 6.07) is 13.7. The van der Waals surface area contributed by atoms with E-state index in [0.29, 0.717) is 22.7 Å². The molecule has 6 heteroatoms. The summed E-state index contributed by atoms with van der Waals surface area (Å²) in [5.74, 6) is 0.0248. The van der Waals surface area contributed by atoms with E-state index in [0.717, 1.165) is 0 Å². The second kappa shape index (κ2) is 7.65. The van der Waals surface area contributed by atoms with Crippen LogP contribution >= 0.6 is 11.6 Å². The van der Waals surface area contributed by atoms with Crippen LogP contribution in [0.3, 0.4) is 0 Å². The Morgan fingerprint density at radius 1 is 1.04 bits per heavy atom. The highest BCUT2D eigenvalue weighted by molar-refractivity contribution is 6.32. The molecular formula is C17H17ClN2O3. The van der Waals surface area contributed by atoms with E-state index in [9.17, 15) is 9.59 Å². The third kappa shape index (κ3) is 4.47. The molecule has 0 bridgehead atoms. The molecule has 0 spiro atoms. The van der Waals surface area contributed by atoms with Gasteiger partial charge in [0.05, 0.1) is 12.8 Å². The first kappa shape index (κ1) is 16.8. The van der Waals surface area contributed by atoms with E-state index < -0.39 is 5.38 Å². The number of alkyl halides is 1. The maximum Gasteiger partial charge on any atom is 0.255 e. The van der Waals surface area contributed by atoms with Gasteiger partial charge in [0.15, 0.2) is 0 Å². The zero-order valence-corrected chi connectivity index (χ0v) is 13.6. The monoisotopic (exact) mass is 332 g/mol. The van der Waals surface area contributed by atoms with Crippen LogP contribution in [-0.4, -0.2) is 24.3 Å². The van der Waals surface area contributed by atoms with Crippen molar-refractivity contribution < 1.29 is 14.3 Å². The van der Waals surface area contributed by atoms with Gasteiger partial charge in [-0.25, -0.2) is 0 Å². The maximum atomic E-state index is 12.2. The molecule has 0 aliphatic rings. The van der Waals surface area contributed by atoms with Gasteiger partial charge in [0, 0.05) is 11.3 Å². The molecule has 1 unspecified atom stereocenters. The van der Waals surface area contributed by atoms with E-state index >= 15 is 0 Å². The van der Waals surface area contributed by atoms with Gasteiger partial charge in [-0.2, -0.15) is 0 Å². The largest absolute Gasteiger partial charge is 0.495 e. The number of ether oxygens (including phenoxy) is 1. The van der Waals surface area contributed by atoms with Crippen LogP contribution < -0.4 is 15.4 Å². The van der Waals surface area contributed by atoms with Crippen LogP contribution in [0.15, 0.2) is 48.5 Å². The lowest BCUT2D eigenvalue weighted by Gasteiger charge is -2.10.